The van der Waals surface area contributed by atoms with E-state index >= 15 is 0 Å². The fourth-order valence-electron chi connectivity index (χ4n) is 1.10. The van der Waals surface area contributed by atoms with Crippen molar-refractivity contribution in [2.45, 2.75) is 6.17 Å². The van der Waals surface area contributed by atoms with E-state index < -0.39 is 23.5 Å². The van der Waals surface area contributed by atoms with Crippen molar-refractivity contribution in [3.8, 4) is 0 Å². The zero-order valence-electron chi connectivity index (χ0n) is 8.17. The molecule has 0 aliphatic carbocycles. The fraction of sp³-hybridized carbons (Fsp3) is 0.182. The van der Waals surface area contributed by atoms with Gasteiger partial charge in [-0.3, -0.25) is 0 Å². The van der Waals surface area contributed by atoms with Gasteiger partial charge in [0.1, 0.15) is 5.82 Å². The van der Waals surface area contributed by atoms with Gasteiger partial charge in [0, 0.05) is 5.56 Å². The lowest BCUT2D eigenvalue weighted by Gasteiger charge is -2.10. The molecule has 0 N–H and O–H groups in total. The number of carbonyl (C=O) groups excluding carboxylic acids is 1. The second-order valence-electron chi connectivity index (χ2n) is 2.90. The number of hydrogen-bond donors (Lipinski definition) is 0. The average Bonchev–Trinajstić information content (AvgIpc) is 2.26. The molecule has 0 aromatic heterocycles. The Hall–Kier alpha value is -1.71. The van der Waals surface area contributed by atoms with E-state index in [2.05, 4.69) is 11.3 Å². The molecule has 1 aromatic rings. The highest BCUT2D eigenvalue weighted by Gasteiger charge is 2.23. The molecular weight excluding hydrogens is 202 g/mol. The minimum absolute atomic E-state index is 0.215. The van der Waals surface area contributed by atoms with E-state index in [0.29, 0.717) is 0 Å². The Kier molecular flexibility index (Phi) is 3.55. The standard InChI is InChI=1S/C11H10F2O2/c1-7(11(14)15-2)10(13)8-5-3-4-6-9(8)12/h3-6,10H,1H2,2H3. The van der Waals surface area contributed by atoms with Crippen LogP contribution in [-0.2, 0) is 9.53 Å². The second kappa shape index (κ2) is 4.68. The van der Waals surface area contributed by atoms with Gasteiger partial charge >= 0.3 is 5.97 Å². The highest BCUT2D eigenvalue weighted by Crippen LogP contribution is 2.27. The summed E-state index contributed by atoms with van der Waals surface area (Å²) in [4.78, 5) is 11.0. The molecule has 1 atom stereocenters. The third-order valence-electron chi connectivity index (χ3n) is 1.93. The van der Waals surface area contributed by atoms with Crippen molar-refractivity contribution in [2.75, 3.05) is 7.11 Å². The number of carbonyl (C=O) groups is 1. The number of benzene rings is 1. The summed E-state index contributed by atoms with van der Waals surface area (Å²) < 4.78 is 31.0. The topological polar surface area (TPSA) is 26.3 Å². The number of hydrogen-bond acceptors (Lipinski definition) is 2. The normalized spacial score (nSPS) is 11.9. The van der Waals surface area contributed by atoms with Gasteiger partial charge in [0.15, 0.2) is 6.17 Å². The van der Waals surface area contributed by atoms with Crippen LogP contribution in [0.4, 0.5) is 8.78 Å². The fourth-order valence-corrected chi connectivity index (χ4v) is 1.10. The maximum Gasteiger partial charge on any atom is 0.336 e. The minimum atomic E-state index is -1.88. The lowest BCUT2D eigenvalue weighted by Crippen LogP contribution is -2.10. The molecule has 0 amide bonds. The highest BCUT2D eigenvalue weighted by atomic mass is 19.1. The molecule has 15 heavy (non-hydrogen) atoms. The highest BCUT2D eigenvalue weighted by molar-refractivity contribution is 5.89. The number of halogens is 2. The zero-order valence-corrected chi connectivity index (χ0v) is 8.17. The van der Waals surface area contributed by atoms with Crippen LogP contribution in [-0.4, -0.2) is 13.1 Å². The molecule has 0 fully saturated rings. The molecule has 1 unspecified atom stereocenters. The molecule has 0 aliphatic rings. The Morgan fingerprint density at radius 3 is 2.60 bits per heavy atom. The quantitative estimate of drug-likeness (QED) is 0.568. The summed E-state index contributed by atoms with van der Waals surface area (Å²) in [5.74, 6) is -1.60. The molecule has 0 radical (unpaired) electrons. The number of alkyl halides is 1. The van der Waals surface area contributed by atoms with E-state index in [4.69, 9.17) is 0 Å². The van der Waals surface area contributed by atoms with Crippen molar-refractivity contribution in [3.05, 3.63) is 47.8 Å². The van der Waals surface area contributed by atoms with Crippen molar-refractivity contribution < 1.29 is 18.3 Å². The summed E-state index contributed by atoms with van der Waals surface area (Å²) in [5, 5.41) is 0. The summed E-state index contributed by atoms with van der Waals surface area (Å²) in [6.45, 7) is 3.23. The first-order valence-corrected chi connectivity index (χ1v) is 4.23. The smallest absolute Gasteiger partial charge is 0.336 e. The van der Waals surface area contributed by atoms with E-state index in [1.807, 2.05) is 0 Å². The van der Waals surface area contributed by atoms with Crippen molar-refractivity contribution in [2.24, 2.45) is 0 Å². The van der Waals surface area contributed by atoms with Gasteiger partial charge in [0.2, 0.25) is 0 Å². The van der Waals surface area contributed by atoms with E-state index in [1.54, 1.807) is 0 Å². The number of esters is 1. The molecule has 80 valence electrons. The summed E-state index contributed by atoms with van der Waals surface area (Å²) in [6, 6.07) is 5.29. The van der Waals surface area contributed by atoms with Gasteiger partial charge in [-0.1, -0.05) is 24.8 Å². The SMILES string of the molecule is C=C(C(=O)OC)C(F)c1ccccc1F. The molecule has 1 rings (SSSR count). The van der Waals surface area contributed by atoms with Crippen LogP contribution in [0, 0.1) is 5.82 Å². The number of rotatable bonds is 3. The van der Waals surface area contributed by atoms with Crippen LogP contribution in [0.2, 0.25) is 0 Å². The Balaban J connectivity index is 2.95. The third kappa shape index (κ3) is 2.40. The Labute approximate surface area is 86.2 Å². The lowest BCUT2D eigenvalue weighted by molar-refractivity contribution is -0.136. The summed E-state index contributed by atoms with van der Waals surface area (Å²) in [6.07, 6.45) is -1.88. The van der Waals surface area contributed by atoms with Gasteiger partial charge < -0.3 is 4.74 Å². The predicted molar refractivity (Wildman–Crippen MR) is 51.4 cm³/mol. The van der Waals surface area contributed by atoms with Crippen LogP contribution in [0.3, 0.4) is 0 Å². The largest absolute Gasteiger partial charge is 0.466 e. The van der Waals surface area contributed by atoms with Gasteiger partial charge in [0.05, 0.1) is 12.7 Å². The van der Waals surface area contributed by atoms with Crippen molar-refractivity contribution >= 4 is 5.97 Å². The van der Waals surface area contributed by atoms with Crippen LogP contribution < -0.4 is 0 Å². The van der Waals surface area contributed by atoms with E-state index in [9.17, 15) is 13.6 Å². The number of methoxy groups -OCH3 is 1. The predicted octanol–water partition coefficient (Wildman–Crippen LogP) is 2.57. The van der Waals surface area contributed by atoms with Crippen LogP contribution >= 0.6 is 0 Å². The van der Waals surface area contributed by atoms with Gasteiger partial charge in [-0.05, 0) is 6.07 Å². The van der Waals surface area contributed by atoms with Crippen molar-refractivity contribution in [3.63, 3.8) is 0 Å². The summed E-state index contributed by atoms with van der Waals surface area (Å²) >= 11 is 0. The van der Waals surface area contributed by atoms with Crippen LogP contribution in [0.25, 0.3) is 0 Å². The second-order valence-corrected chi connectivity index (χ2v) is 2.90. The van der Waals surface area contributed by atoms with Crippen LogP contribution in [0.5, 0.6) is 0 Å². The van der Waals surface area contributed by atoms with Crippen LogP contribution in [0.15, 0.2) is 36.4 Å². The third-order valence-corrected chi connectivity index (χ3v) is 1.93. The van der Waals surface area contributed by atoms with Crippen molar-refractivity contribution in [1.29, 1.82) is 0 Å². The van der Waals surface area contributed by atoms with Crippen LogP contribution in [0.1, 0.15) is 11.7 Å². The molecule has 0 spiro atoms. The first-order chi connectivity index (χ1) is 7.07. The summed E-state index contributed by atoms with van der Waals surface area (Å²) in [7, 11) is 1.11. The molecule has 0 aliphatic heterocycles. The molecule has 0 bridgehead atoms. The first-order valence-electron chi connectivity index (χ1n) is 4.23. The van der Waals surface area contributed by atoms with E-state index in [0.717, 1.165) is 13.2 Å². The van der Waals surface area contributed by atoms with Gasteiger partial charge in [-0.25, -0.2) is 13.6 Å². The molecular formula is C11H10F2O2. The molecule has 2 nitrogen and oxygen atoms in total. The van der Waals surface area contributed by atoms with E-state index in [-0.39, 0.29) is 5.56 Å². The Morgan fingerprint density at radius 2 is 2.07 bits per heavy atom. The zero-order chi connectivity index (χ0) is 11.4. The first kappa shape index (κ1) is 11.4. The summed E-state index contributed by atoms with van der Waals surface area (Å²) in [5.41, 5.74) is -0.629. The molecule has 1 aromatic carbocycles. The van der Waals surface area contributed by atoms with Crippen molar-refractivity contribution in [1.82, 2.24) is 0 Å². The molecule has 0 saturated heterocycles. The Morgan fingerprint density at radius 1 is 1.47 bits per heavy atom. The number of ether oxygens (including phenoxy) is 1. The average molecular weight is 212 g/mol. The maximum absolute atomic E-state index is 13.6. The van der Waals surface area contributed by atoms with Gasteiger partial charge in [-0.2, -0.15) is 0 Å². The van der Waals surface area contributed by atoms with Gasteiger partial charge in [0.25, 0.3) is 0 Å². The molecule has 0 heterocycles. The van der Waals surface area contributed by atoms with Gasteiger partial charge in [-0.15, -0.1) is 0 Å². The lowest BCUT2D eigenvalue weighted by atomic mass is 10.0. The molecule has 0 saturated carbocycles. The molecule has 4 heteroatoms. The Bertz CT molecular complexity index is 388. The monoisotopic (exact) mass is 212 g/mol. The maximum atomic E-state index is 13.6. The van der Waals surface area contributed by atoms with E-state index in [1.165, 1.54) is 18.2 Å². The minimum Gasteiger partial charge on any atom is -0.466 e.